The second-order valence-corrected chi connectivity index (χ2v) is 6.94. The molecule has 4 rings (SSSR count). The second-order valence-electron chi connectivity index (χ2n) is 6.94. The molecule has 0 bridgehead atoms. The molecule has 2 aliphatic rings. The SMILES string of the molecule is CN1CC[C@@H]2CCN(C(=O)NCc3ncnn3-c3ccccc3)[C@H]2C1. The summed E-state index contributed by atoms with van der Waals surface area (Å²) in [7, 11) is 2.13. The van der Waals surface area contributed by atoms with Crippen molar-refractivity contribution in [2.24, 2.45) is 5.92 Å². The molecule has 0 unspecified atom stereocenters. The lowest BCUT2D eigenvalue weighted by Crippen LogP contribution is -2.51. The summed E-state index contributed by atoms with van der Waals surface area (Å²) in [5, 5.41) is 7.30. The topological polar surface area (TPSA) is 66.3 Å². The Labute approximate surface area is 147 Å². The summed E-state index contributed by atoms with van der Waals surface area (Å²) in [6.07, 6.45) is 3.83. The van der Waals surface area contributed by atoms with Gasteiger partial charge < -0.3 is 15.1 Å². The van der Waals surface area contributed by atoms with Crippen LogP contribution in [0.3, 0.4) is 0 Å². The van der Waals surface area contributed by atoms with E-state index in [1.165, 1.54) is 12.7 Å². The van der Waals surface area contributed by atoms with E-state index in [1.54, 1.807) is 4.68 Å². The third-order valence-corrected chi connectivity index (χ3v) is 5.34. The number of para-hydroxylation sites is 1. The van der Waals surface area contributed by atoms with Crippen molar-refractivity contribution in [2.45, 2.75) is 25.4 Å². The van der Waals surface area contributed by atoms with Gasteiger partial charge in [-0.25, -0.2) is 14.5 Å². The Hall–Kier alpha value is -2.41. The lowest BCUT2D eigenvalue weighted by Gasteiger charge is -2.36. The molecule has 2 aromatic rings. The van der Waals surface area contributed by atoms with Gasteiger partial charge in [0, 0.05) is 19.1 Å². The summed E-state index contributed by atoms with van der Waals surface area (Å²) in [4.78, 5) is 21.3. The highest BCUT2D eigenvalue weighted by molar-refractivity contribution is 5.75. The van der Waals surface area contributed by atoms with E-state index in [9.17, 15) is 4.79 Å². The molecule has 1 N–H and O–H groups in total. The number of amides is 2. The number of carbonyl (C=O) groups excluding carboxylic acids is 1. The molecule has 1 aromatic heterocycles. The van der Waals surface area contributed by atoms with Crippen LogP contribution >= 0.6 is 0 Å². The van der Waals surface area contributed by atoms with E-state index in [1.807, 2.05) is 35.2 Å². The van der Waals surface area contributed by atoms with Crippen LogP contribution in [0.1, 0.15) is 18.7 Å². The highest BCUT2D eigenvalue weighted by Crippen LogP contribution is 2.31. The number of hydrogen-bond donors (Lipinski definition) is 1. The standard InChI is InChI=1S/C18H24N6O/c1-22-9-7-14-8-10-23(16(14)12-22)18(25)19-11-17-20-13-21-24(17)15-5-3-2-4-6-15/h2-6,13-14,16H,7-12H2,1H3,(H,19,25)/t14-,16+/m1/s1. The minimum Gasteiger partial charge on any atom is -0.331 e. The van der Waals surface area contributed by atoms with Crippen molar-refractivity contribution in [2.75, 3.05) is 26.7 Å². The molecule has 25 heavy (non-hydrogen) atoms. The van der Waals surface area contributed by atoms with Gasteiger partial charge in [-0.05, 0) is 44.5 Å². The number of nitrogens with zero attached hydrogens (tertiary/aromatic N) is 5. The van der Waals surface area contributed by atoms with Crippen LogP contribution in [0.25, 0.3) is 5.69 Å². The summed E-state index contributed by atoms with van der Waals surface area (Å²) in [6, 6.07) is 10.2. The van der Waals surface area contributed by atoms with Gasteiger partial charge in [-0.3, -0.25) is 0 Å². The van der Waals surface area contributed by atoms with Gasteiger partial charge in [0.05, 0.1) is 12.2 Å². The van der Waals surface area contributed by atoms with Crippen molar-refractivity contribution in [3.63, 3.8) is 0 Å². The number of fused-ring (bicyclic) bond motifs is 1. The Balaban J connectivity index is 1.41. The molecule has 7 nitrogen and oxygen atoms in total. The summed E-state index contributed by atoms with van der Waals surface area (Å²) in [5.41, 5.74) is 0.944. The first-order valence-corrected chi connectivity index (χ1v) is 8.89. The molecule has 2 atom stereocenters. The number of rotatable bonds is 3. The third kappa shape index (κ3) is 3.24. The van der Waals surface area contributed by atoms with Crippen molar-refractivity contribution in [1.29, 1.82) is 0 Å². The third-order valence-electron chi connectivity index (χ3n) is 5.34. The number of likely N-dealkylation sites (N-methyl/N-ethyl adjacent to an activating group) is 1. The molecule has 0 spiro atoms. The molecule has 2 saturated heterocycles. The van der Waals surface area contributed by atoms with Gasteiger partial charge >= 0.3 is 6.03 Å². The van der Waals surface area contributed by atoms with Gasteiger partial charge in [0.25, 0.3) is 0 Å². The average Bonchev–Trinajstić information content (AvgIpc) is 3.27. The fourth-order valence-corrected chi connectivity index (χ4v) is 3.98. The first kappa shape index (κ1) is 16.1. The van der Waals surface area contributed by atoms with E-state index in [0.717, 1.165) is 37.6 Å². The lowest BCUT2D eigenvalue weighted by molar-refractivity contribution is 0.130. The predicted octanol–water partition coefficient (Wildman–Crippen LogP) is 1.50. The predicted molar refractivity (Wildman–Crippen MR) is 94.3 cm³/mol. The summed E-state index contributed by atoms with van der Waals surface area (Å²) in [6.45, 7) is 3.33. The van der Waals surface area contributed by atoms with Crippen LogP contribution in [0.2, 0.25) is 0 Å². The minimum absolute atomic E-state index is 0.00501. The largest absolute Gasteiger partial charge is 0.331 e. The zero-order valence-corrected chi connectivity index (χ0v) is 14.5. The van der Waals surface area contributed by atoms with Gasteiger partial charge in [0.2, 0.25) is 0 Å². The molecular formula is C18H24N6O. The molecule has 0 aliphatic carbocycles. The molecule has 132 valence electrons. The summed E-state index contributed by atoms with van der Waals surface area (Å²) < 4.78 is 1.77. The van der Waals surface area contributed by atoms with Crippen molar-refractivity contribution in [1.82, 2.24) is 29.9 Å². The van der Waals surface area contributed by atoms with E-state index in [-0.39, 0.29) is 6.03 Å². The summed E-state index contributed by atoms with van der Waals surface area (Å²) in [5.74, 6) is 1.38. The van der Waals surface area contributed by atoms with E-state index in [4.69, 9.17) is 0 Å². The number of carbonyl (C=O) groups is 1. The Bertz CT molecular complexity index is 730. The zero-order chi connectivity index (χ0) is 17.2. The van der Waals surface area contributed by atoms with Crippen molar-refractivity contribution in [3.05, 3.63) is 42.5 Å². The second kappa shape index (κ2) is 6.84. The number of likely N-dealkylation sites (tertiary alicyclic amines) is 2. The quantitative estimate of drug-likeness (QED) is 0.920. The maximum absolute atomic E-state index is 12.7. The summed E-state index contributed by atoms with van der Waals surface area (Å²) >= 11 is 0. The number of hydrogen-bond acceptors (Lipinski definition) is 4. The number of urea groups is 1. The van der Waals surface area contributed by atoms with Gasteiger partial charge in [0.1, 0.15) is 6.33 Å². The van der Waals surface area contributed by atoms with Gasteiger partial charge in [-0.1, -0.05) is 18.2 Å². The van der Waals surface area contributed by atoms with Gasteiger partial charge in [0.15, 0.2) is 5.82 Å². The van der Waals surface area contributed by atoms with Gasteiger partial charge in [-0.2, -0.15) is 5.10 Å². The molecule has 1 aromatic carbocycles. The van der Waals surface area contributed by atoms with Crippen LogP contribution in [-0.4, -0.2) is 63.3 Å². The Morgan fingerprint density at radius 1 is 1.24 bits per heavy atom. The van der Waals surface area contributed by atoms with Crippen LogP contribution in [0.15, 0.2) is 36.7 Å². The fourth-order valence-electron chi connectivity index (χ4n) is 3.98. The molecule has 0 radical (unpaired) electrons. The Morgan fingerprint density at radius 3 is 2.88 bits per heavy atom. The lowest BCUT2D eigenvalue weighted by atomic mass is 9.92. The first-order chi connectivity index (χ1) is 12.2. The van der Waals surface area contributed by atoms with Crippen LogP contribution in [-0.2, 0) is 6.54 Å². The number of aromatic nitrogens is 3. The monoisotopic (exact) mass is 340 g/mol. The molecular weight excluding hydrogens is 316 g/mol. The fraction of sp³-hybridized carbons (Fsp3) is 0.500. The molecule has 0 saturated carbocycles. The minimum atomic E-state index is 0.00501. The van der Waals surface area contributed by atoms with Gasteiger partial charge in [-0.15, -0.1) is 0 Å². The first-order valence-electron chi connectivity index (χ1n) is 8.89. The van der Waals surface area contributed by atoms with Crippen LogP contribution in [0.5, 0.6) is 0 Å². The molecule has 2 aliphatic heterocycles. The van der Waals surface area contributed by atoms with Crippen LogP contribution in [0.4, 0.5) is 4.79 Å². The van der Waals surface area contributed by atoms with Crippen molar-refractivity contribution < 1.29 is 4.79 Å². The van der Waals surface area contributed by atoms with Crippen molar-refractivity contribution in [3.8, 4) is 5.69 Å². The van der Waals surface area contributed by atoms with Crippen LogP contribution in [0, 0.1) is 5.92 Å². The average molecular weight is 340 g/mol. The Kier molecular flexibility index (Phi) is 4.40. The van der Waals surface area contributed by atoms with Crippen LogP contribution < -0.4 is 5.32 Å². The number of piperidine rings is 1. The van der Waals surface area contributed by atoms with E-state index in [0.29, 0.717) is 18.5 Å². The molecule has 3 heterocycles. The molecule has 7 heteroatoms. The zero-order valence-electron chi connectivity index (χ0n) is 14.5. The van der Waals surface area contributed by atoms with E-state index >= 15 is 0 Å². The van der Waals surface area contributed by atoms with Crippen molar-refractivity contribution >= 4 is 6.03 Å². The highest BCUT2D eigenvalue weighted by atomic mass is 16.2. The highest BCUT2D eigenvalue weighted by Gasteiger charge is 2.39. The number of nitrogens with one attached hydrogen (secondary N) is 1. The molecule has 2 amide bonds. The van der Waals surface area contributed by atoms with E-state index < -0.39 is 0 Å². The maximum Gasteiger partial charge on any atom is 0.318 e. The number of benzene rings is 1. The maximum atomic E-state index is 12.7. The Morgan fingerprint density at radius 2 is 2.04 bits per heavy atom. The normalized spacial score (nSPS) is 23.5. The molecule has 2 fully saturated rings. The smallest absolute Gasteiger partial charge is 0.318 e. The van der Waals surface area contributed by atoms with E-state index in [2.05, 4.69) is 27.3 Å².